The minimum atomic E-state index is -0.0995. The fraction of sp³-hybridized carbons (Fsp3) is 0.269. The Morgan fingerprint density at radius 1 is 1.06 bits per heavy atom. The van der Waals surface area contributed by atoms with E-state index < -0.39 is 0 Å². The molecule has 9 heteroatoms. The zero-order valence-electron chi connectivity index (χ0n) is 19.8. The van der Waals surface area contributed by atoms with Crippen LogP contribution < -0.4 is 5.32 Å². The molecule has 5 aromatic rings. The standard InChI is InChI=1S/C26H27N7O2/c1-3-33-22(15-18(2)31-33)26-30-29-25(35-26)14-13-24(34)27-16-23-28-20-11-7-8-12-21(20)32(23)17-19-9-5-4-6-10-19/h4-12,15H,3,13-14,16-17H2,1-2H3,(H,27,34). The van der Waals surface area contributed by atoms with E-state index in [9.17, 15) is 4.79 Å². The van der Waals surface area contributed by atoms with Gasteiger partial charge in [-0.1, -0.05) is 42.5 Å². The van der Waals surface area contributed by atoms with E-state index in [4.69, 9.17) is 9.40 Å². The van der Waals surface area contributed by atoms with E-state index in [0.29, 0.717) is 37.8 Å². The van der Waals surface area contributed by atoms with E-state index in [1.807, 2.05) is 61.0 Å². The predicted octanol–water partition coefficient (Wildman–Crippen LogP) is 3.91. The molecule has 1 amide bonds. The van der Waals surface area contributed by atoms with Crippen LogP contribution in [-0.4, -0.2) is 35.4 Å². The maximum absolute atomic E-state index is 12.6. The number of nitrogens with zero attached hydrogens (tertiary/aromatic N) is 6. The molecule has 9 nitrogen and oxygen atoms in total. The maximum atomic E-state index is 12.6. The van der Waals surface area contributed by atoms with Crippen molar-refractivity contribution >= 4 is 16.9 Å². The Morgan fingerprint density at radius 3 is 2.69 bits per heavy atom. The van der Waals surface area contributed by atoms with Crippen molar-refractivity contribution in [2.24, 2.45) is 0 Å². The molecular formula is C26H27N7O2. The number of rotatable bonds is 9. The quantitative estimate of drug-likeness (QED) is 0.351. The van der Waals surface area contributed by atoms with Gasteiger partial charge < -0.3 is 14.3 Å². The fourth-order valence-corrected chi connectivity index (χ4v) is 4.11. The lowest BCUT2D eigenvalue weighted by Crippen LogP contribution is -2.25. The number of aromatic nitrogens is 6. The van der Waals surface area contributed by atoms with E-state index in [-0.39, 0.29) is 12.3 Å². The van der Waals surface area contributed by atoms with Crippen molar-refractivity contribution in [3.63, 3.8) is 0 Å². The Hall–Kier alpha value is -4.27. The van der Waals surface area contributed by atoms with Gasteiger partial charge in [0.15, 0.2) is 0 Å². The van der Waals surface area contributed by atoms with Gasteiger partial charge in [-0.3, -0.25) is 9.48 Å². The van der Waals surface area contributed by atoms with Gasteiger partial charge >= 0.3 is 0 Å². The third-order valence-electron chi connectivity index (χ3n) is 5.81. The molecule has 0 fully saturated rings. The molecule has 178 valence electrons. The lowest BCUT2D eigenvalue weighted by atomic mass is 10.2. The van der Waals surface area contributed by atoms with Crippen LogP contribution in [0, 0.1) is 6.92 Å². The predicted molar refractivity (Wildman–Crippen MR) is 131 cm³/mol. The summed E-state index contributed by atoms with van der Waals surface area (Å²) in [5.74, 6) is 1.55. The second-order valence-electron chi connectivity index (χ2n) is 8.35. The largest absolute Gasteiger partial charge is 0.419 e. The number of aryl methyl sites for hydroxylation is 3. The van der Waals surface area contributed by atoms with E-state index in [0.717, 1.165) is 28.2 Å². The van der Waals surface area contributed by atoms with E-state index in [2.05, 4.69) is 43.4 Å². The van der Waals surface area contributed by atoms with Gasteiger partial charge in [-0.05, 0) is 37.6 Å². The molecule has 0 aliphatic rings. The SMILES string of the molecule is CCn1nc(C)cc1-c1nnc(CCC(=O)NCc2nc3ccccc3n2Cc2ccccc2)o1. The number of carbonyl (C=O) groups excluding carboxylic acids is 1. The molecule has 0 spiro atoms. The number of nitrogens with one attached hydrogen (secondary N) is 1. The molecule has 0 radical (unpaired) electrons. The van der Waals surface area contributed by atoms with Crippen LogP contribution in [0.25, 0.3) is 22.6 Å². The highest BCUT2D eigenvalue weighted by molar-refractivity contribution is 5.77. The molecule has 1 N–H and O–H groups in total. The number of hydrogen-bond donors (Lipinski definition) is 1. The van der Waals surface area contributed by atoms with Crippen LogP contribution >= 0.6 is 0 Å². The zero-order valence-corrected chi connectivity index (χ0v) is 19.8. The summed E-state index contributed by atoms with van der Waals surface area (Å²) in [6.45, 7) is 5.66. The van der Waals surface area contributed by atoms with Crippen LogP contribution in [0.3, 0.4) is 0 Å². The van der Waals surface area contributed by atoms with Crippen LogP contribution in [-0.2, 0) is 30.8 Å². The van der Waals surface area contributed by atoms with Crippen molar-refractivity contribution < 1.29 is 9.21 Å². The van der Waals surface area contributed by atoms with Gasteiger partial charge in [-0.25, -0.2) is 4.98 Å². The van der Waals surface area contributed by atoms with Crippen molar-refractivity contribution in [1.29, 1.82) is 0 Å². The molecule has 35 heavy (non-hydrogen) atoms. The first-order chi connectivity index (χ1) is 17.1. The summed E-state index contributed by atoms with van der Waals surface area (Å²) in [5, 5.41) is 15.6. The first kappa shape index (κ1) is 22.5. The number of carbonyl (C=O) groups is 1. The highest BCUT2D eigenvalue weighted by Crippen LogP contribution is 2.20. The molecule has 5 rings (SSSR count). The summed E-state index contributed by atoms with van der Waals surface area (Å²) in [6, 6.07) is 20.1. The number of imidazole rings is 1. The molecule has 0 saturated heterocycles. The Balaban J connectivity index is 1.23. The summed E-state index contributed by atoms with van der Waals surface area (Å²) < 4.78 is 9.75. The lowest BCUT2D eigenvalue weighted by molar-refractivity contribution is -0.121. The Labute approximate surface area is 202 Å². The van der Waals surface area contributed by atoms with Crippen LogP contribution in [0.2, 0.25) is 0 Å². The first-order valence-corrected chi connectivity index (χ1v) is 11.7. The molecule has 0 aliphatic heterocycles. The van der Waals surface area contributed by atoms with E-state index in [1.54, 1.807) is 0 Å². The maximum Gasteiger partial charge on any atom is 0.265 e. The summed E-state index contributed by atoms with van der Waals surface area (Å²) in [4.78, 5) is 17.4. The van der Waals surface area contributed by atoms with Gasteiger partial charge in [0.1, 0.15) is 11.5 Å². The minimum absolute atomic E-state index is 0.0995. The summed E-state index contributed by atoms with van der Waals surface area (Å²) in [7, 11) is 0. The fourth-order valence-electron chi connectivity index (χ4n) is 4.11. The van der Waals surface area contributed by atoms with Crippen molar-refractivity contribution in [2.75, 3.05) is 0 Å². The third-order valence-corrected chi connectivity index (χ3v) is 5.81. The van der Waals surface area contributed by atoms with Crippen LogP contribution in [0.15, 0.2) is 65.1 Å². The van der Waals surface area contributed by atoms with Gasteiger partial charge in [-0.15, -0.1) is 10.2 Å². The van der Waals surface area contributed by atoms with Crippen molar-refractivity contribution in [3.05, 3.63) is 83.6 Å². The zero-order chi connectivity index (χ0) is 24.2. The van der Waals surface area contributed by atoms with Gasteiger partial charge in [-0.2, -0.15) is 5.10 Å². The number of hydrogen-bond acceptors (Lipinski definition) is 6. The summed E-state index contributed by atoms with van der Waals surface area (Å²) in [6.07, 6.45) is 0.602. The number of benzene rings is 2. The molecule has 3 heterocycles. The second kappa shape index (κ2) is 9.92. The Kier molecular flexibility index (Phi) is 6.38. The molecule has 0 aliphatic carbocycles. The second-order valence-corrected chi connectivity index (χ2v) is 8.35. The first-order valence-electron chi connectivity index (χ1n) is 11.7. The minimum Gasteiger partial charge on any atom is -0.419 e. The number of para-hydroxylation sites is 2. The monoisotopic (exact) mass is 469 g/mol. The van der Waals surface area contributed by atoms with E-state index >= 15 is 0 Å². The van der Waals surface area contributed by atoms with Crippen molar-refractivity contribution in [1.82, 2.24) is 34.8 Å². The molecule has 2 aromatic carbocycles. The molecule has 3 aromatic heterocycles. The third kappa shape index (κ3) is 4.98. The smallest absolute Gasteiger partial charge is 0.265 e. The highest BCUT2D eigenvalue weighted by Gasteiger charge is 2.16. The molecule has 0 unspecified atom stereocenters. The van der Waals surface area contributed by atoms with Crippen LogP contribution in [0.1, 0.15) is 36.3 Å². The summed E-state index contributed by atoms with van der Waals surface area (Å²) in [5.41, 5.74) is 4.80. The van der Waals surface area contributed by atoms with Gasteiger partial charge in [0.2, 0.25) is 11.8 Å². The molecular weight excluding hydrogens is 442 g/mol. The summed E-state index contributed by atoms with van der Waals surface area (Å²) >= 11 is 0. The number of fused-ring (bicyclic) bond motifs is 1. The Bertz CT molecular complexity index is 1450. The average molecular weight is 470 g/mol. The average Bonchev–Trinajstić information content (AvgIpc) is 3.59. The van der Waals surface area contributed by atoms with Crippen molar-refractivity contribution in [3.8, 4) is 11.6 Å². The van der Waals surface area contributed by atoms with Gasteiger partial charge in [0.25, 0.3) is 5.89 Å². The normalized spacial score (nSPS) is 11.3. The van der Waals surface area contributed by atoms with Crippen molar-refractivity contribution in [2.45, 2.75) is 46.3 Å². The number of amides is 1. The van der Waals surface area contributed by atoms with Crippen LogP contribution in [0.5, 0.6) is 0 Å². The van der Waals surface area contributed by atoms with Crippen LogP contribution in [0.4, 0.5) is 0 Å². The molecule has 0 saturated carbocycles. The lowest BCUT2D eigenvalue weighted by Gasteiger charge is -2.10. The highest BCUT2D eigenvalue weighted by atomic mass is 16.4. The van der Waals surface area contributed by atoms with Gasteiger partial charge in [0.05, 0.1) is 23.3 Å². The Morgan fingerprint density at radius 2 is 1.86 bits per heavy atom. The topological polar surface area (TPSA) is 104 Å². The molecule has 0 atom stereocenters. The van der Waals surface area contributed by atoms with E-state index in [1.165, 1.54) is 5.56 Å². The van der Waals surface area contributed by atoms with Gasteiger partial charge in [0, 0.05) is 25.9 Å². The molecule has 0 bridgehead atoms.